The van der Waals surface area contributed by atoms with Crippen LogP contribution < -0.4 is 0 Å². The minimum absolute atomic E-state index is 0.230. The van der Waals surface area contributed by atoms with Gasteiger partial charge in [0.15, 0.2) is 5.82 Å². The molecule has 112 valence electrons. The van der Waals surface area contributed by atoms with Gasteiger partial charge < -0.3 is 9.84 Å². The van der Waals surface area contributed by atoms with Crippen molar-refractivity contribution >= 4 is 22.3 Å². The molecule has 0 spiro atoms. The molecular weight excluding hydrogens is 292 g/mol. The van der Waals surface area contributed by atoms with Gasteiger partial charge in [-0.05, 0) is 25.7 Å². The first-order chi connectivity index (χ1) is 10.2. The minimum Gasteiger partial charge on any atom is -0.481 e. The molecular formula is C13H16N4O3S. The number of hydrogen-bond acceptors (Lipinski definition) is 6. The molecule has 1 saturated heterocycles. The number of rotatable bonds is 3. The predicted octanol–water partition coefficient (Wildman–Crippen LogP) is 1.66. The summed E-state index contributed by atoms with van der Waals surface area (Å²) in [5.74, 6) is 0.463. The van der Waals surface area contributed by atoms with E-state index in [1.54, 1.807) is 0 Å². The number of carboxylic acids is 1. The summed E-state index contributed by atoms with van der Waals surface area (Å²) in [5.41, 5.74) is 0. The van der Waals surface area contributed by atoms with Crippen molar-refractivity contribution in [1.82, 2.24) is 19.8 Å². The summed E-state index contributed by atoms with van der Waals surface area (Å²) >= 11 is 1.53. The monoisotopic (exact) mass is 308 g/mol. The maximum absolute atomic E-state index is 11.1. The lowest BCUT2D eigenvalue weighted by atomic mass is 10.1. The third-order valence-electron chi connectivity index (χ3n) is 4.46. The van der Waals surface area contributed by atoms with Crippen molar-refractivity contribution < 1.29 is 14.6 Å². The normalized spacial score (nSPS) is 29.4. The Morgan fingerprint density at radius 1 is 1.29 bits per heavy atom. The maximum atomic E-state index is 11.1. The third-order valence-corrected chi connectivity index (χ3v) is 5.52. The zero-order valence-electron chi connectivity index (χ0n) is 11.4. The average Bonchev–Trinajstić information content (AvgIpc) is 3.21. The average molecular weight is 308 g/mol. The smallest absolute Gasteiger partial charge is 0.306 e. The van der Waals surface area contributed by atoms with E-state index in [9.17, 15) is 4.79 Å². The second-order valence-corrected chi connectivity index (χ2v) is 6.79. The van der Waals surface area contributed by atoms with Crippen LogP contribution in [0.15, 0.2) is 0 Å². The molecule has 0 aromatic carbocycles. The van der Waals surface area contributed by atoms with Crippen LogP contribution in [-0.2, 0) is 9.53 Å². The molecule has 2 aromatic rings. The van der Waals surface area contributed by atoms with Gasteiger partial charge in [0.2, 0.25) is 4.96 Å². The van der Waals surface area contributed by atoms with Gasteiger partial charge >= 0.3 is 5.97 Å². The molecule has 1 saturated carbocycles. The van der Waals surface area contributed by atoms with E-state index in [4.69, 9.17) is 9.84 Å². The van der Waals surface area contributed by atoms with Crippen LogP contribution in [-0.4, -0.2) is 44.1 Å². The van der Waals surface area contributed by atoms with Crippen molar-refractivity contribution in [2.75, 3.05) is 13.2 Å². The molecule has 21 heavy (non-hydrogen) atoms. The molecule has 8 heteroatoms. The molecule has 4 rings (SSSR count). The summed E-state index contributed by atoms with van der Waals surface area (Å²) in [4.78, 5) is 11.9. The molecule has 7 nitrogen and oxygen atoms in total. The third kappa shape index (κ3) is 2.22. The van der Waals surface area contributed by atoms with E-state index < -0.39 is 5.97 Å². The lowest BCUT2D eigenvalue weighted by Crippen LogP contribution is -2.09. The van der Waals surface area contributed by atoms with Gasteiger partial charge in [0.05, 0.1) is 12.5 Å². The largest absolute Gasteiger partial charge is 0.481 e. The van der Waals surface area contributed by atoms with Gasteiger partial charge in [-0.1, -0.05) is 11.3 Å². The van der Waals surface area contributed by atoms with Crippen LogP contribution in [0.2, 0.25) is 0 Å². The van der Waals surface area contributed by atoms with Gasteiger partial charge in [-0.3, -0.25) is 4.79 Å². The van der Waals surface area contributed by atoms with Gasteiger partial charge in [0.1, 0.15) is 5.01 Å². The molecule has 2 fully saturated rings. The molecule has 2 aromatic heterocycles. The van der Waals surface area contributed by atoms with Gasteiger partial charge in [0, 0.05) is 18.4 Å². The fourth-order valence-electron chi connectivity index (χ4n) is 3.23. The lowest BCUT2D eigenvalue weighted by Gasteiger charge is -2.05. The second kappa shape index (κ2) is 5.03. The van der Waals surface area contributed by atoms with E-state index in [1.807, 2.05) is 4.52 Å². The summed E-state index contributed by atoms with van der Waals surface area (Å²) in [7, 11) is 0. The van der Waals surface area contributed by atoms with Gasteiger partial charge in [-0.25, -0.2) is 0 Å². The first-order valence-corrected chi connectivity index (χ1v) is 8.06. The molecule has 3 unspecified atom stereocenters. The Balaban J connectivity index is 1.61. The van der Waals surface area contributed by atoms with E-state index in [-0.39, 0.29) is 17.8 Å². The molecule has 3 atom stereocenters. The van der Waals surface area contributed by atoms with E-state index in [1.165, 1.54) is 11.3 Å². The number of nitrogens with zero attached hydrogens (tertiary/aromatic N) is 4. The van der Waals surface area contributed by atoms with Gasteiger partial charge in [-0.2, -0.15) is 9.61 Å². The zero-order valence-corrected chi connectivity index (χ0v) is 12.3. The highest BCUT2D eigenvalue weighted by Crippen LogP contribution is 2.40. The fraction of sp³-hybridized carbons (Fsp3) is 0.692. The summed E-state index contributed by atoms with van der Waals surface area (Å²) in [6.07, 6.45) is 3.27. The highest BCUT2D eigenvalue weighted by Gasteiger charge is 2.33. The van der Waals surface area contributed by atoms with Crippen LogP contribution >= 0.6 is 11.3 Å². The Morgan fingerprint density at radius 3 is 2.90 bits per heavy atom. The second-order valence-electron chi connectivity index (χ2n) is 5.80. The Labute approximate surface area is 124 Å². The number of hydrogen-bond donors (Lipinski definition) is 1. The highest BCUT2D eigenvalue weighted by molar-refractivity contribution is 7.16. The molecule has 0 amide bonds. The molecule has 3 heterocycles. The summed E-state index contributed by atoms with van der Waals surface area (Å²) in [6.45, 7) is 1.44. The number of fused-ring (bicyclic) bond motifs is 1. The van der Waals surface area contributed by atoms with Gasteiger partial charge in [0.25, 0.3) is 0 Å². The van der Waals surface area contributed by atoms with Crippen molar-refractivity contribution in [3.05, 3.63) is 10.8 Å². The van der Waals surface area contributed by atoms with E-state index in [0.29, 0.717) is 13.0 Å². The zero-order chi connectivity index (χ0) is 14.4. The van der Waals surface area contributed by atoms with Crippen LogP contribution in [0.3, 0.4) is 0 Å². The number of ether oxygens (including phenoxy) is 1. The van der Waals surface area contributed by atoms with Crippen LogP contribution in [0.4, 0.5) is 0 Å². The molecule has 0 radical (unpaired) electrons. The SMILES string of the molecule is O=C(O)C1CCC(c2nn3c(C4CCOC4)nnc3s2)C1. The van der Waals surface area contributed by atoms with Crippen molar-refractivity contribution in [2.45, 2.75) is 37.5 Å². The summed E-state index contributed by atoms with van der Waals surface area (Å²) < 4.78 is 7.23. The molecule has 1 aliphatic heterocycles. The fourth-order valence-corrected chi connectivity index (χ4v) is 4.23. The first-order valence-electron chi connectivity index (χ1n) is 7.25. The van der Waals surface area contributed by atoms with Crippen LogP contribution in [0.25, 0.3) is 4.96 Å². The number of aromatic nitrogens is 4. The minimum atomic E-state index is -0.690. The van der Waals surface area contributed by atoms with Crippen LogP contribution in [0.5, 0.6) is 0 Å². The number of carboxylic acid groups (broad SMARTS) is 1. The molecule has 0 bridgehead atoms. The number of aliphatic carboxylic acids is 1. The number of carbonyl (C=O) groups is 1. The van der Waals surface area contributed by atoms with Crippen LogP contribution in [0.1, 0.15) is 48.4 Å². The van der Waals surface area contributed by atoms with Crippen molar-refractivity contribution in [1.29, 1.82) is 0 Å². The van der Waals surface area contributed by atoms with E-state index in [0.717, 1.165) is 41.7 Å². The van der Waals surface area contributed by atoms with Gasteiger partial charge in [-0.15, -0.1) is 10.2 Å². The Bertz CT molecular complexity index is 676. The standard InChI is InChI=1S/C13H16N4O3S/c18-12(19)8-2-1-7(5-8)11-16-17-10(9-3-4-20-6-9)14-15-13(17)21-11/h7-9H,1-6H2,(H,18,19). The predicted molar refractivity (Wildman–Crippen MR) is 74.6 cm³/mol. The van der Waals surface area contributed by atoms with Crippen molar-refractivity contribution in [2.24, 2.45) is 5.92 Å². The maximum Gasteiger partial charge on any atom is 0.306 e. The lowest BCUT2D eigenvalue weighted by molar-refractivity contribution is -0.141. The first kappa shape index (κ1) is 13.1. The van der Waals surface area contributed by atoms with Crippen molar-refractivity contribution in [3.63, 3.8) is 0 Å². The van der Waals surface area contributed by atoms with Crippen LogP contribution in [0, 0.1) is 5.92 Å². The van der Waals surface area contributed by atoms with E-state index in [2.05, 4.69) is 15.3 Å². The Kier molecular flexibility index (Phi) is 3.15. The topological polar surface area (TPSA) is 89.6 Å². The quantitative estimate of drug-likeness (QED) is 0.927. The Hall–Kier alpha value is -1.54. The Morgan fingerprint density at radius 2 is 2.19 bits per heavy atom. The highest BCUT2D eigenvalue weighted by atomic mass is 32.1. The van der Waals surface area contributed by atoms with E-state index >= 15 is 0 Å². The molecule has 1 N–H and O–H groups in total. The van der Waals surface area contributed by atoms with Crippen molar-refractivity contribution in [3.8, 4) is 0 Å². The molecule has 1 aliphatic carbocycles. The summed E-state index contributed by atoms with van der Waals surface area (Å²) in [6, 6.07) is 0. The molecule has 2 aliphatic rings. The summed E-state index contributed by atoms with van der Waals surface area (Å²) in [5, 5.41) is 23.2.